The Hall–Kier alpha value is -0.650. The van der Waals surface area contributed by atoms with Gasteiger partial charge in [0.1, 0.15) is 0 Å². The Balaban J connectivity index is 1.62. The van der Waals surface area contributed by atoms with Crippen molar-refractivity contribution in [1.82, 2.24) is 20.0 Å². The molecule has 0 aromatic rings. The number of carbonyl (C=O) groups is 1. The van der Waals surface area contributed by atoms with Crippen molar-refractivity contribution in [2.45, 2.75) is 12.8 Å². The van der Waals surface area contributed by atoms with Gasteiger partial charge in [-0.15, -0.1) is 0 Å². The van der Waals surface area contributed by atoms with E-state index >= 15 is 0 Å². The summed E-state index contributed by atoms with van der Waals surface area (Å²) in [5.41, 5.74) is 0. The van der Waals surface area contributed by atoms with E-state index in [0.717, 1.165) is 39.3 Å². The van der Waals surface area contributed by atoms with E-state index in [-0.39, 0.29) is 5.91 Å². The lowest BCUT2D eigenvalue weighted by Crippen LogP contribution is -2.49. The summed E-state index contributed by atoms with van der Waals surface area (Å²) in [5.74, 6) is 0.278. The van der Waals surface area contributed by atoms with Crippen molar-refractivity contribution in [3.63, 3.8) is 0 Å². The molecular weight excluding hydrogens is 228 g/mol. The van der Waals surface area contributed by atoms with Crippen LogP contribution >= 0.6 is 0 Å². The minimum atomic E-state index is 0.278. The second kappa shape index (κ2) is 7.07. The third-order valence-corrected chi connectivity index (χ3v) is 3.87. The molecule has 0 radical (unpaired) electrons. The Morgan fingerprint density at radius 3 is 2.50 bits per heavy atom. The smallest absolute Gasteiger partial charge is 0.236 e. The largest absolute Gasteiger partial charge is 0.339 e. The molecular formula is C13H26N4O. The maximum Gasteiger partial charge on any atom is 0.236 e. The summed E-state index contributed by atoms with van der Waals surface area (Å²) < 4.78 is 0. The molecule has 2 aliphatic heterocycles. The third-order valence-electron chi connectivity index (χ3n) is 3.87. The van der Waals surface area contributed by atoms with Crippen molar-refractivity contribution in [2.75, 3.05) is 66.0 Å². The number of hydrogen-bond donors (Lipinski definition) is 1. The van der Waals surface area contributed by atoms with Gasteiger partial charge in [-0.2, -0.15) is 0 Å². The first-order valence-electron chi connectivity index (χ1n) is 7.15. The molecule has 1 N–H and O–H groups in total. The molecule has 0 atom stereocenters. The summed E-state index contributed by atoms with van der Waals surface area (Å²) in [6.45, 7) is 8.72. The number of likely N-dealkylation sites (tertiary alicyclic amines) is 1. The zero-order valence-corrected chi connectivity index (χ0v) is 11.5. The number of likely N-dealkylation sites (N-methyl/N-ethyl adjacent to an activating group) is 1. The highest BCUT2D eigenvalue weighted by Crippen LogP contribution is 2.06. The van der Waals surface area contributed by atoms with Crippen LogP contribution in [0.15, 0.2) is 0 Å². The molecule has 2 fully saturated rings. The lowest BCUT2D eigenvalue weighted by atomic mass is 10.3. The van der Waals surface area contributed by atoms with Gasteiger partial charge in [0.05, 0.1) is 6.54 Å². The quantitative estimate of drug-likeness (QED) is 0.714. The van der Waals surface area contributed by atoms with Crippen molar-refractivity contribution in [3.8, 4) is 0 Å². The fraction of sp³-hybridized carbons (Fsp3) is 0.923. The number of hydrogen-bond acceptors (Lipinski definition) is 4. The van der Waals surface area contributed by atoms with E-state index < -0.39 is 0 Å². The third kappa shape index (κ3) is 4.23. The topological polar surface area (TPSA) is 38.8 Å². The molecule has 5 nitrogen and oxygen atoms in total. The van der Waals surface area contributed by atoms with Gasteiger partial charge in [0.2, 0.25) is 5.91 Å². The Morgan fingerprint density at radius 2 is 1.83 bits per heavy atom. The van der Waals surface area contributed by atoms with E-state index in [0.29, 0.717) is 6.54 Å². The highest BCUT2D eigenvalue weighted by atomic mass is 16.2. The van der Waals surface area contributed by atoms with E-state index in [4.69, 9.17) is 0 Å². The minimum absolute atomic E-state index is 0.278. The molecule has 2 saturated heterocycles. The molecule has 0 aliphatic carbocycles. The van der Waals surface area contributed by atoms with Crippen LogP contribution in [0.1, 0.15) is 12.8 Å². The lowest BCUT2D eigenvalue weighted by Gasteiger charge is -2.29. The lowest BCUT2D eigenvalue weighted by molar-refractivity contribution is -0.132. The number of nitrogens with one attached hydrogen (secondary N) is 1. The van der Waals surface area contributed by atoms with Crippen LogP contribution in [0.4, 0.5) is 0 Å². The zero-order chi connectivity index (χ0) is 12.8. The molecule has 1 amide bonds. The summed E-state index contributed by atoms with van der Waals surface area (Å²) in [6, 6.07) is 0. The van der Waals surface area contributed by atoms with Gasteiger partial charge in [-0.05, 0) is 33.0 Å². The fourth-order valence-corrected chi connectivity index (χ4v) is 2.64. The summed E-state index contributed by atoms with van der Waals surface area (Å²) in [4.78, 5) is 18.7. The van der Waals surface area contributed by atoms with Crippen molar-refractivity contribution in [2.24, 2.45) is 0 Å². The maximum absolute atomic E-state index is 12.0. The van der Waals surface area contributed by atoms with Gasteiger partial charge in [0.25, 0.3) is 0 Å². The minimum Gasteiger partial charge on any atom is -0.339 e. The van der Waals surface area contributed by atoms with Crippen molar-refractivity contribution >= 4 is 5.91 Å². The first kappa shape index (κ1) is 13.8. The molecule has 0 aromatic heterocycles. The van der Waals surface area contributed by atoms with Gasteiger partial charge >= 0.3 is 0 Å². The van der Waals surface area contributed by atoms with Crippen LogP contribution in [0.25, 0.3) is 0 Å². The highest BCUT2D eigenvalue weighted by molar-refractivity contribution is 5.78. The van der Waals surface area contributed by atoms with Crippen LogP contribution in [0, 0.1) is 0 Å². The summed E-state index contributed by atoms with van der Waals surface area (Å²) >= 11 is 0. The maximum atomic E-state index is 12.0. The van der Waals surface area contributed by atoms with Crippen molar-refractivity contribution in [1.29, 1.82) is 0 Å². The van der Waals surface area contributed by atoms with Crippen LogP contribution in [-0.4, -0.2) is 86.6 Å². The molecule has 5 heteroatoms. The Morgan fingerprint density at radius 1 is 1.17 bits per heavy atom. The van der Waals surface area contributed by atoms with Gasteiger partial charge in [-0.3, -0.25) is 9.69 Å². The number of amides is 1. The van der Waals surface area contributed by atoms with E-state index in [2.05, 4.69) is 22.2 Å². The molecule has 0 spiro atoms. The standard InChI is InChI=1S/C13H26N4O/c1-15(10-11-16-6-2-3-7-16)12-13(18)17-8-4-14-5-9-17/h14H,2-12H2,1H3. The van der Waals surface area contributed by atoms with E-state index in [9.17, 15) is 4.79 Å². The molecule has 0 unspecified atom stereocenters. The molecule has 18 heavy (non-hydrogen) atoms. The van der Waals surface area contributed by atoms with Crippen LogP contribution in [0.3, 0.4) is 0 Å². The van der Waals surface area contributed by atoms with Gasteiger partial charge in [0.15, 0.2) is 0 Å². The van der Waals surface area contributed by atoms with Gasteiger partial charge in [0, 0.05) is 39.3 Å². The molecule has 0 bridgehead atoms. The second-order valence-corrected chi connectivity index (χ2v) is 5.42. The summed E-state index contributed by atoms with van der Waals surface area (Å²) in [5, 5.41) is 3.27. The first-order chi connectivity index (χ1) is 8.75. The summed E-state index contributed by atoms with van der Waals surface area (Å²) in [7, 11) is 2.05. The Kier molecular flexibility index (Phi) is 5.41. The van der Waals surface area contributed by atoms with Gasteiger partial charge in [-0.1, -0.05) is 0 Å². The van der Waals surface area contributed by atoms with Gasteiger partial charge in [-0.25, -0.2) is 0 Å². The second-order valence-electron chi connectivity index (χ2n) is 5.42. The van der Waals surface area contributed by atoms with Crippen molar-refractivity contribution in [3.05, 3.63) is 0 Å². The van der Waals surface area contributed by atoms with Gasteiger partial charge < -0.3 is 15.1 Å². The molecule has 2 rings (SSSR count). The molecule has 2 heterocycles. The first-order valence-corrected chi connectivity index (χ1v) is 7.15. The molecule has 0 aromatic carbocycles. The number of rotatable bonds is 5. The van der Waals surface area contributed by atoms with Crippen molar-refractivity contribution < 1.29 is 4.79 Å². The predicted octanol–water partition coefficient (Wildman–Crippen LogP) is -0.554. The Labute approximate surface area is 110 Å². The SMILES string of the molecule is CN(CCN1CCCC1)CC(=O)N1CCNCC1. The number of carbonyl (C=O) groups excluding carboxylic acids is 1. The average molecular weight is 254 g/mol. The van der Waals surface area contributed by atoms with E-state index in [1.807, 2.05) is 4.90 Å². The normalized spacial score (nSPS) is 21.8. The summed E-state index contributed by atoms with van der Waals surface area (Å²) in [6.07, 6.45) is 2.67. The van der Waals surface area contributed by atoms with Crippen LogP contribution in [-0.2, 0) is 4.79 Å². The monoisotopic (exact) mass is 254 g/mol. The molecule has 104 valence electrons. The van der Waals surface area contributed by atoms with E-state index in [1.165, 1.54) is 25.9 Å². The van der Waals surface area contributed by atoms with E-state index in [1.54, 1.807) is 0 Å². The zero-order valence-electron chi connectivity index (χ0n) is 11.5. The van der Waals surface area contributed by atoms with Crippen LogP contribution in [0.5, 0.6) is 0 Å². The van der Waals surface area contributed by atoms with Crippen LogP contribution in [0.2, 0.25) is 0 Å². The highest BCUT2D eigenvalue weighted by Gasteiger charge is 2.18. The molecule has 0 saturated carbocycles. The average Bonchev–Trinajstić information content (AvgIpc) is 2.90. The fourth-order valence-electron chi connectivity index (χ4n) is 2.64. The number of nitrogens with zero attached hydrogens (tertiary/aromatic N) is 3. The number of piperazine rings is 1. The van der Waals surface area contributed by atoms with Crippen LogP contribution < -0.4 is 5.32 Å². The Bertz CT molecular complexity index is 260. The predicted molar refractivity (Wildman–Crippen MR) is 72.6 cm³/mol. The molecule has 2 aliphatic rings.